The van der Waals surface area contributed by atoms with E-state index >= 15 is 0 Å². The molecule has 0 radical (unpaired) electrons. The van der Waals surface area contributed by atoms with Gasteiger partial charge in [-0.2, -0.15) is 0 Å². The molecule has 0 aliphatic carbocycles. The molecular formula is C58H38N2O. The van der Waals surface area contributed by atoms with Crippen molar-refractivity contribution in [2.24, 2.45) is 0 Å². The summed E-state index contributed by atoms with van der Waals surface area (Å²) in [7, 11) is 0. The van der Waals surface area contributed by atoms with Gasteiger partial charge in [0.25, 0.3) is 0 Å². The topological polar surface area (TPSA) is 21.3 Å². The van der Waals surface area contributed by atoms with Crippen LogP contribution < -0.4 is 4.90 Å². The van der Waals surface area contributed by atoms with Crippen LogP contribution in [0.4, 0.5) is 17.1 Å². The van der Waals surface area contributed by atoms with Crippen molar-refractivity contribution in [2.75, 3.05) is 4.90 Å². The highest BCUT2D eigenvalue weighted by Gasteiger charge is 2.21. The van der Waals surface area contributed by atoms with E-state index in [9.17, 15) is 0 Å². The lowest BCUT2D eigenvalue weighted by molar-refractivity contribution is 0.669. The van der Waals surface area contributed by atoms with Crippen LogP contribution in [0.5, 0.6) is 0 Å². The lowest BCUT2D eigenvalue weighted by atomic mass is 9.98. The highest BCUT2D eigenvalue weighted by atomic mass is 16.3. The Morgan fingerprint density at radius 1 is 0.361 bits per heavy atom. The number of hydrogen-bond acceptors (Lipinski definition) is 2. The first-order chi connectivity index (χ1) is 30.3. The Morgan fingerprint density at radius 3 is 1.62 bits per heavy atom. The number of para-hydroxylation sites is 4. The predicted molar refractivity (Wildman–Crippen MR) is 257 cm³/mol. The van der Waals surface area contributed by atoms with Gasteiger partial charge in [0, 0.05) is 44.2 Å². The van der Waals surface area contributed by atoms with E-state index in [4.69, 9.17) is 4.42 Å². The maximum Gasteiger partial charge on any atom is 0.159 e. The molecular weight excluding hydrogens is 741 g/mol. The largest absolute Gasteiger partial charge is 0.454 e. The van der Waals surface area contributed by atoms with E-state index in [1.165, 1.54) is 54.8 Å². The fourth-order valence-electron chi connectivity index (χ4n) is 9.33. The molecule has 0 spiro atoms. The number of furan rings is 1. The number of aromatic nitrogens is 1. The molecule has 286 valence electrons. The quantitative estimate of drug-likeness (QED) is 0.161. The van der Waals surface area contributed by atoms with Crippen molar-refractivity contribution in [1.29, 1.82) is 0 Å². The molecule has 3 nitrogen and oxygen atoms in total. The normalized spacial score (nSPS) is 11.6. The smallest absolute Gasteiger partial charge is 0.159 e. The zero-order valence-corrected chi connectivity index (χ0v) is 33.2. The molecule has 12 aromatic rings. The minimum absolute atomic E-state index is 0.863. The van der Waals surface area contributed by atoms with Crippen molar-refractivity contribution in [1.82, 2.24) is 4.57 Å². The minimum atomic E-state index is 0.863. The number of benzene rings is 10. The summed E-state index contributed by atoms with van der Waals surface area (Å²) in [4.78, 5) is 2.32. The first-order valence-electron chi connectivity index (χ1n) is 20.8. The molecule has 12 rings (SSSR count). The van der Waals surface area contributed by atoms with Crippen LogP contribution in [0.25, 0.3) is 93.6 Å². The number of nitrogens with zero attached hydrogens (tertiary/aromatic N) is 2. The van der Waals surface area contributed by atoms with Crippen LogP contribution in [0.3, 0.4) is 0 Å². The minimum Gasteiger partial charge on any atom is -0.454 e. The van der Waals surface area contributed by atoms with Crippen molar-refractivity contribution in [3.8, 4) is 39.1 Å². The Labute approximate surface area is 353 Å². The van der Waals surface area contributed by atoms with Crippen LogP contribution in [0, 0.1) is 0 Å². The Kier molecular flexibility index (Phi) is 8.17. The molecule has 10 aromatic carbocycles. The number of anilines is 3. The molecule has 0 aliphatic rings. The summed E-state index contributed by atoms with van der Waals surface area (Å²) < 4.78 is 9.19. The fraction of sp³-hybridized carbons (Fsp3) is 0. The lowest BCUT2D eigenvalue weighted by Gasteiger charge is -2.26. The average molecular weight is 779 g/mol. The van der Waals surface area contributed by atoms with Gasteiger partial charge in [0.1, 0.15) is 5.58 Å². The van der Waals surface area contributed by atoms with Crippen molar-refractivity contribution >= 4 is 71.6 Å². The summed E-state index contributed by atoms with van der Waals surface area (Å²) in [5, 5.41) is 7.15. The second-order valence-corrected chi connectivity index (χ2v) is 15.7. The molecule has 0 amide bonds. The van der Waals surface area contributed by atoms with Gasteiger partial charge in [-0.25, -0.2) is 0 Å². The molecule has 0 aliphatic heterocycles. The first-order valence-corrected chi connectivity index (χ1v) is 20.8. The van der Waals surface area contributed by atoms with Crippen molar-refractivity contribution in [3.05, 3.63) is 231 Å². The monoisotopic (exact) mass is 778 g/mol. The molecule has 0 fully saturated rings. The molecule has 61 heavy (non-hydrogen) atoms. The maximum atomic E-state index is 6.78. The molecule has 3 heteroatoms. The molecule has 0 N–H and O–H groups in total. The molecule has 0 unspecified atom stereocenters. The van der Waals surface area contributed by atoms with Crippen molar-refractivity contribution in [3.63, 3.8) is 0 Å². The Hall–Kier alpha value is -8.14. The summed E-state index contributed by atoms with van der Waals surface area (Å²) in [5.41, 5.74) is 15.5. The standard InChI is InChI=1S/C58H38N2O/c1-3-13-39(14-4-1)41-29-34-46(35-30-41)59(54-24-12-22-52-56-48-18-8-7-15-43(48)33-38-55(56)61-58(52)54)47-36-31-42(32-37-47)40-25-27-44(28-26-40)49-20-11-21-51-50-19-9-10-23-53(50)60(57(49)51)45-16-5-2-6-17-45/h1-38H. The SMILES string of the molecule is c1ccc(-c2ccc(N(c3ccc(-c4ccc(-c5cccc6c7ccccc7n(-c7ccccc7)c56)cc4)cc3)c3cccc4c3oc3ccc5ccccc5c34)cc2)cc1. The van der Waals surface area contributed by atoms with Gasteiger partial charge in [0.05, 0.1) is 16.7 Å². The third-order valence-corrected chi connectivity index (χ3v) is 12.2. The third-order valence-electron chi connectivity index (χ3n) is 12.2. The second-order valence-electron chi connectivity index (χ2n) is 15.7. The maximum absolute atomic E-state index is 6.78. The first kappa shape index (κ1) is 34.9. The van der Waals surface area contributed by atoms with E-state index in [0.717, 1.165) is 55.8 Å². The van der Waals surface area contributed by atoms with Crippen molar-refractivity contribution < 1.29 is 4.42 Å². The van der Waals surface area contributed by atoms with E-state index in [1.54, 1.807) is 0 Å². The molecule has 0 bridgehead atoms. The number of fused-ring (bicyclic) bond motifs is 8. The second kappa shape index (κ2) is 14.3. The lowest BCUT2D eigenvalue weighted by Crippen LogP contribution is -2.10. The summed E-state index contributed by atoms with van der Waals surface area (Å²) in [6.45, 7) is 0. The molecule has 2 aromatic heterocycles. The van der Waals surface area contributed by atoms with Gasteiger partial charge in [-0.15, -0.1) is 0 Å². The van der Waals surface area contributed by atoms with Gasteiger partial charge in [0.2, 0.25) is 0 Å². The van der Waals surface area contributed by atoms with Gasteiger partial charge >= 0.3 is 0 Å². The molecule has 0 saturated carbocycles. The van der Waals surface area contributed by atoms with Gasteiger partial charge in [0.15, 0.2) is 5.58 Å². The van der Waals surface area contributed by atoms with E-state index in [-0.39, 0.29) is 0 Å². The zero-order valence-electron chi connectivity index (χ0n) is 33.2. The Morgan fingerprint density at radius 2 is 0.902 bits per heavy atom. The number of hydrogen-bond donors (Lipinski definition) is 0. The number of rotatable bonds is 7. The zero-order chi connectivity index (χ0) is 40.3. The van der Waals surface area contributed by atoms with Crippen LogP contribution in [0.15, 0.2) is 235 Å². The molecule has 0 atom stereocenters. The van der Waals surface area contributed by atoms with Crippen LogP contribution in [0.1, 0.15) is 0 Å². The summed E-state index contributed by atoms with van der Waals surface area (Å²) >= 11 is 0. The van der Waals surface area contributed by atoms with Gasteiger partial charge in [-0.1, -0.05) is 176 Å². The van der Waals surface area contributed by atoms with Crippen LogP contribution in [-0.4, -0.2) is 4.57 Å². The third kappa shape index (κ3) is 5.82. The summed E-state index contributed by atoms with van der Waals surface area (Å²) in [5.74, 6) is 0. The van der Waals surface area contributed by atoms with Crippen LogP contribution in [-0.2, 0) is 0 Å². The van der Waals surface area contributed by atoms with E-state index in [2.05, 4.69) is 240 Å². The van der Waals surface area contributed by atoms with Gasteiger partial charge in [-0.05, 0) is 93.2 Å². The fourth-order valence-corrected chi connectivity index (χ4v) is 9.33. The van der Waals surface area contributed by atoms with E-state index in [0.29, 0.717) is 0 Å². The highest BCUT2D eigenvalue weighted by molar-refractivity contribution is 6.21. The predicted octanol–water partition coefficient (Wildman–Crippen LogP) is 16.3. The van der Waals surface area contributed by atoms with Crippen molar-refractivity contribution in [2.45, 2.75) is 0 Å². The Balaban J connectivity index is 0.947. The van der Waals surface area contributed by atoms with Crippen LogP contribution >= 0.6 is 0 Å². The van der Waals surface area contributed by atoms with Crippen LogP contribution in [0.2, 0.25) is 0 Å². The average Bonchev–Trinajstić information content (AvgIpc) is 3.90. The molecule has 0 saturated heterocycles. The highest BCUT2D eigenvalue weighted by Crippen LogP contribution is 2.45. The summed E-state index contributed by atoms with van der Waals surface area (Å²) in [6, 6.07) is 82.7. The van der Waals surface area contributed by atoms with E-state index < -0.39 is 0 Å². The molecule has 2 heterocycles. The van der Waals surface area contributed by atoms with Gasteiger partial charge < -0.3 is 13.9 Å². The summed E-state index contributed by atoms with van der Waals surface area (Å²) in [6.07, 6.45) is 0. The van der Waals surface area contributed by atoms with Gasteiger partial charge in [-0.3, -0.25) is 0 Å². The Bertz CT molecular complexity index is 3550. The van der Waals surface area contributed by atoms with E-state index in [1.807, 2.05) is 0 Å².